The van der Waals surface area contributed by atoms with Crippen molar-refractivity contribution in [2.45, 2.75) is 26.4 Å². The molecule has 1 rings (SSSR count). The predicted octanol–water partition coefficient (Wildman–Crippen LogP) is 1.97. The lowest BCUT2D eigenvalue weighted by Crippen LogP contribution is -2.29. The molecule has 1 aromatic carbocycles. The molecule has 0 fully saturated rings. The van der Waals surface area contributed by atoms with Crippen LogP contribution in [0.25, 0.3) is 0 Å². The van der Waals surface area contributed by atoms with Gasteiger partial charge in [-0.3, -0.25) is 4.79 Å². The van der Waals surface area contributed by atoms with Crippen LogP contribution in [0.15, 0.2) is 22.7 Å². The number of carbonyl (C=O) groups is 1. The number of hydrogen-bond donors (Lipinski definition) is 2. The summed E-state index contributed by atoms with van der Waals surface area (Å²) in [6.45, 7) is 4.66. The summed E-state index contributed by atoms with van der Waals surface area (Å²) in [4.78, 5) is 11.4. The quantitative estimate of drug-likeness (QED) is 0.745. The van der Waals surface area contributed by atoms with E-state index in [1.54, 1.807) is 0 Å². The van der Waals surface area contributed by atoms with Gasteiger partial charge in [0.05, 0.1) is 10.5 Å². The molecule has 0 radical (unpaired) electrons. The van der Waals surface area contributed by atoms with Gasteiger partial charge in [-0.15, -0.1) is 0 Å². The van der Waals surface area contributed by atoms with Crippen LogP contribution in [0.2, 0.25) is 0 Å². The molecule has 1 aromatic rings. The summed E-state index contributed by atoms with van der Waals surface area (Å²) in [7, 11) is 0. The Morgan fingerprint density at radius 2 is 2.25 bits per heavy atom. The standard InChI is InChI=1S/C14H18BrN3O2/c1-10(2)18-8-11-4-3-5-12(15)14(11)20-9-13(19)17-7-6-16/h3-5,10,18H,7-9H2,1-2H3,(H,17,19). The van der Waals surface area contributed by atoms with E-state index in [0.717, 1.165) is 10.0 Å². The maximum Gasteiger partial charge on any atom is 0.258 e. The molecule has 0 atom stereocenters. The van der Waals surface area contributed by atoms with E-state index in [2.05, 4.69) is 40.4 Å². The van der Waals surface area contributed by atoms with E-state index in [-0.39, 0.29) is 19.1 Å². The van der Waals surface area contributed by atoms with E-state index in [1.165, 1.54) is 0 Å². The summed E-state index contributed by atoms with van der Waals surface area (Å²) in [6, 6.07) is 7.94. The Morgan fingerprint density at radius 1 is 1.50 bits per heavy atom. The largest absolute Gasteiger partial charge is 0.482 e. The third kappa shape index (κ3) is 5.59. The van der Waals surface area contributed by atoms with Crippen molar-refractivity contribution < 1.29 is 9.53 Å². The van der Waals surface area contributed by atoms with E-state index in [0.29, 0.717) is 18.3 Å². The average molecular weight is 340 g/mol. The van der Waals surface area contributed by atoms with Crippen molar-refractivity contribution >= 4 is 21.8 Å². The normalized spacial score (nSPS) is 10.2. The maximum atomic E-state index is 11.4. The average Bonchev–Trinajstić information content (AvgIpc) is 2.41. The van der Waals surface area contributed by atoms with Crippen LogP contribution in [0.4, 0.5) is 0 Å². The summed E-state index contributed by atoms with van der Waals surface area (Å²) in [5.41, 5.74) is 0.973. The van der Waals surface area contributed by atoms with Crippen LogP contribution in [-0.4, -0.2) is 25.1 Å². The van der Waals surface area contributed by atoms with Crippen molar-refractivity contribution in [3.05, 3.63) is 28.2 Å². The van der Waals surface area contributed by atoms with Gasteiger partial charge < -0.3 is 15.4 Å². The van der Waals surface area contributed by atoms with Gasteiger partial charge in [0.2, 0.25) is 0 Å². The maximum absolute atomic E-state index is 11.4. The fourth-order valence-electron chi connectivity index (χ4n) is 1.50. The second-order valence-electron chi connectivity index (χ2n) is 4.49. The first-order chi connectivity index (χ1) is 9.54. The van der Waals surface area contributed by atoms with Crippen molar-refractivity contribution in [3.8, 4) is 11.8 Å². The number of para-hydroxylation sites is 1. The van der Waals surface area contributed by atoms with Crippen molar-refractivity contribution in [3.63, 3.8) is 0 Å². The summed E-state index contributed by atoms with van der Waals surface area (Å²) in [5.74, 6) is 0.331. The van der Waals surface area contributed by atoms with Crippen molar-refractivity contribution in [2.75, 3.05) is 13.2 Å². The lowest BCUT2D eigenvalue weighted by Gasteiger charge is -2.15. The van der Waals surface area contributed by atoms with Gasteiger partial charge in [-0.2, -0.15) is 5.26 Å². The number of nitrogens with zero attached hydrogens (tertiary/aromatic N) is 1. The number of halogens is 1. The van der Waals surface area contributed by atoms with Crippen molar-refractivity contribution in [2.24, 2.45) is 0 Å². The molecule has 0 aliphatic carbocycles. The number of nitrogens with one attached hydrogen (secondary N) is 2. The molecule has 0 bridgehead atoms. The van der Waals surface area contributed by atoms with E-state index >= 15 is 0 Å². The highest BCUT2D eigenvalue weighted by Crippen LogP contribution is 2.29. The van der Waals surface area contributed by atoms with E-state index in [9.17, 15) is 4.79 Å². The Labute approximate surface area is 127 Å². The lowest BCUT2D eigenvalue weighted by molar-refractivity contribution is -0.122. The molecule has 0 unspecified atom stereocenters. The number of nitriles is 1. The van der Waals surface area contributed by atoms with Crippen LogP contribution in [0.3, 0.4) is 0 Å². The van der Waals surface area contributed by atoms with Crippen LogP contribution in [-0.2, 0) is 11.3 Å². The highest BCUT2D eigenvalue weighted by Gasteiger charge is 2.10. The molecule has 0 spiro atoms. The Morgan fingerprint density at radius 3 is 2.90 bits per heavy atom. The monoisotopic (exact) mass is 339 g/mol. The third-order valence-electron chi connectivity index (χ3n) is 2.46. The molecule has 108 valence electrons. The number of benzene rings is 1. The Bertz CT molecular complexity index is 498. The SMILES string of the molecule is CC(C)NCc1cccc(Br)c1OCC(=O)NCC#N. The van der Waals surface area contributed by atoms with Crippen molar-refractivity contribution in [1.29, 1.82) is 5.26 Å². The fraction of sp³-hybridized carbons (Fsp3) is 0.429. The van der Waals surface area contributed by atoms with Gasteiger partial charge in [-0.05, 0) is 22.0 Å². The van der Waals surface area contributed by atoms with Crippen LogP contribution in [0.1, 0.15) is 19.4 Å². The van der Waals surface area contributed by atoms with E-state index < -0.39 is 0 Å². The van der Waals surface area contributed by atoms with Crippen LogP contribution in [0.5, 0.6) is 5.75 Å². The molecule has 0 aromatic heterocycles. The van der Waals surface area contributed by atoms with E-state index in [1.807, 2.05) is 24.3 Å². The summed E-state index contributed by atoms with van der Waals surface area (Å²) in [5, 5.41) is 14.1. The number of amides is 1. The summed E-state index contributed by atoms with van der Waals surface area (Å²) >= 11 is 3.42. The molecule has 0 saturated carbocycles. The molecule has 0 heterocycles. The third-order valence-corrected chi connectivity index (χ3v) is 3.09. The lowest BCUT2D eigenvalue weighted by atomic mass is 10.2. The molecular weight excluding hydrogens is 322 g/mol. The minimum atomic E-state index is -0.315. The Hall–Kier alpha value is -1.58. The van der Waals surface area contributed by atoms with Gasteiger partial charge in [0.15, 0.2) is 6.61 Å². The second-order valence-corrected chi connectivity index (χ2v) is 5.34. The Kier molecular flexibility index (Phi) is 7.05. The predicted molar refractivity (Wildman–Crippen MR) is 80.2 cm³/mol. The number of hydrogen-bond acceptors (Lipinski definition) is 4. The van der Waals surface area contributed by atoms with Gasteiger partial charge >= 0.3 is 0 Å². The van der Waals surface area contributed by atoms with Gasteiger partial charge in [-0.25, -0.2) is 0 Å². The molecule has 1 amide bonds. The smallest absolute Gasteiger partial charge is 0.258 e. The zero-order valence-electron chi connectivity index (χ0n) is 11.6. The zero-order chi connectivity index (χ0) is 15.0. The molecule has 6 heteroatoms. The zero-order valence-corrected chi connectivity index (χ0v) is 13.2. The minimum absolute atomic E-state index is 0.0140. The van der Waals surface area contributed by atoms with Gasteiger partial charge in [0, 0.05) is 18.2 Å². The second kappa shape index (κ2) is 8.56. The molecule has 2 N–H and O–H groups in total. The molecule has 0 aliphatic heterocycles. The molecule has 5 nitrogen and oxygen atoms in total. The van der Waals surface area contributed by atoms with Gasteiger partial charge in [0.1, 0.15) is 12.3 Å². The first kappa shape index (κ1) is 16.5. The van der Waals surface area contributed by atoms with Crippen molar-refractivity contribution in [1.82, 2.24) is 10.6 Å². The number of ether oxygens (including phenoxy) is 1. The minimum Gasteiger partial charge on any atom is -0.482 e. The molecular formula is C14H18BrN3O2. The van der Waals surface area contributed by atoms with Gasteiger partial charge in [-0.1, -0.05) is 26.0 Å². The van der Waals surface area contributed by atoms with Gasteiger partial charge in [0.25, 0.3) is 5.91 Å². The molecule has 0 aliphatic rings. The highest BCUT2D eigenvalue weighted by atomic mass is 79.9. The van der Waals surface area contributed by atoms with Crippen LogP contribution in [0, 0.1) is 11.3 Å². The Balaban J connectivity index is 2.68. The topological polar surface area (TPSA) is 74.2 Å². The number of carbonyl (C=O) groups excluding carboxylic acids is 1. The van der Waals surface area contributed by atoms with Crippen LogP contribution >= 0.6 is 15.9 Å². The van der Waals surface area contributed by atoms with Crippen LogP contribution < -0.4 is 15.4 Å². The first-order valence-electron chi connectivity index (χ1n) is 6.31. The first-order valence-corrected chi connectivity index (χ1v) is 7.11. The fourth-order valence-corrected chi connectivity index (χ4v) is 2.02. The summed E-state index contributed by atoms with van der Waals surface area (Å²) in [6.07, 6.45) is 0. The highest BCUT2D eigenvalue weighted by molar-refractivity contribution is 9.10. The summed E-state index contributed by atoms with van der Waals surface area (Å²) < 4.78 is 6.35. The number of rotatable bonds is 7. The molecule has 0 saturated heterocycles. The molecule has 20 heavy (non-hydrogen) atoms. The van der Waals surface area contributed by atoms with E-state index in [4.69, 9.17) is 10.00 Å².